The Morgan fingerprint density at radius 2 is 1.82 bits per heavy atom. The highest BCUT2D eigenvalue weighted by atomic mass is 16.5. The lowest BCUT2D eigenvalue weighted by molar-refractivity contribution is 0.0525. The first kappa shape index (κ1) is 19.5. The number of esters is 1. The number of ether oxygens (including phenoxy) is 1. The SMILES string of the molecule is CCOC(=O)c1c(C)[nH]c(CN(Cc2ccccc2)C(=O)c2ccco2)c1C. The zero-order chi connectivity index (χ0) is 20.1. The van der Waals surface area contributed by atoms with E-state index >= 15 is 0 Å². The largest absolute Gasteiger partial charge is 0.462 e. The molecular weight excluding hydrogens is 356 g/mol. The molecule has 0 bridgehead atoms. The van der Waals surface area contributed by atoms with Crippen molar-refractivity contribution < 1.29 is 18.7 Å². The molecule has 1 amide bonds. The maximum atomic E-state index is 13.0. The number of carbonyl (C=O) groups is 2. The number of H-pyrrole nitrogens is 1. The minimum Gasteiger partial charge on any atom is -0.462 e. The molecule has 0 saturated heterocycles. The molecule has 28 heavy (non-hydrogen) atoms. The van der Waals surface area contributed by atoms with Gasteiger partial charge in [-0.3, -0.25) is 4.79 Å². The predicted octanol–water partition coefficient (Wildman–Crippen LogP) is 4.24. The third kappa shape index (κ3) is 4.17. The number of nitrogens with zero attached hydrogens (tertiary/aromatic N) is 1. The molecule has 0 aliphatic carbocycles. The van der Waals surface area contributed by atoms with E-state index in [4.69, 9.17) is 9.15 Å². The minimum atomic E-state index is -0.355. The number of furan rings is 1. The van der Waals surface area contributed by atoms with Gasteiger partial charge in [-0.25, -0.2) is 4.79 Å². The van der Waals surface area contributed by atoms with E-state index in [2.05, 4.69) is 4.98 Å². The Morgan fingerprint density at radius 3 is 2.46 bits per heavy atom. The lowest BCUT2D eigenvalue weighted by Gasteiger charge is -2.22. The average molecular weight is 380 g/mol. The van der Waals surface area contributed by atoms with E-state index in [-0.39, 0.29) is 17.6 Å². The molecule has 6 nitrogen and oxygen atoms in total. The van der Waals surface area contributed by atoms with Gasteiger partial charge in [-0.05, 0) is 44.0 Å². The van der Waals surface area contributed by atoms with Crippen LogP contribution in [-0.4, -0.2) is 28.4 Å². The van der Waals surface area contributed by atoms with Crippen molar-refractivity contribution in [2.24, 2.45) is 0 Å². The summed E-state index contributed by atoms with van der Waals surface area (Å²) in [7, 11) is 0. The van der Waals surface area contributed by atoms with Gasteiger partial charge in [0.2, 0.25) is 0 Å². The molecular formula is C22H24N2O4. The van der Waals surface area contributed by atoms with Crippen molar-refractivity contribution in [1.29, 1.82) is 0 Å². The Balaban J connectivity index is 1.90. The number of nitrogens with one attached hydrogen (secondary N) is 1. The summed E-state index contributed by atoms with van der Waals surface area (Å²) in [5, 5.41) is 0. The summed E-state index contributed by atoms with van der Waals surface area (Å²) in [6, 6.07) is 13.1. The van der Waals surface area contributed by atoms with Crippen molar-refractivity contribution in [2.75, 3.05) is 6.61 Å². The van der Waals surface area contributed by atoms with Crippen molar-refractivity contribution in [3.63, 3.8) is 0 Å². The van der Waals surface area contributed by atoms with Gasteiger partial charge in [-0.1, -0.05) is 30.3 Å². The Hall–Kier alpha value is -3.28. The molecule has 0 aliphatic rings. The second-order valence-electron chi connectivity index (χ2n) is 6.57. The molecule has 1 aromatic carbocycles. The molecule has 0 radical (unpaired) electrons. The first-order valence-corrected chi connectivity index (χ1v) is 9.23. The second kappa shape index (κ2) is 8.61. The number of rotatable bonds is 7. The van der Waals surface area contributed by atoms with Crippen LogP contribution in [0.25, 0.3) is 0 Å². The number of carbonyl (C=O) groups excluding carboxylic acids is 2. The van der Waals surface area contributed by atoms with E-state index in [9.17, 15) is 9.59 Å². The van der Waals surface area contributed by atoms with Crippen molar-refractivity contribution in [3.05, 3.63) is 82.6 Å². The minimum absolute atomic E-state index is 0.210. The number of hydrogen-bond donors (Lipinski definition) is 1. The van der Waals surface area contributed by atoms with Gasteiger partial charge in [-0.2, -0.15) is 0 Å². The summed E-state index contributed by atoms with van der Waals surface area (Å²) in [5.74, 6) is -0.285. The monoisotopic (exact) mass is 380 g/mol. The van der Waals surface area contributed by atoms with Crippen molar-refractivity contribution in [3.8, 4) is 0 Å². The lowest BCUT2D eigenvalue weighted by atomic mass is 10.1. The van der Waals surface area contributed by atoms with Gasteiger partial charge in [-0.15, -0.1) is 0 Å². The Labute approximate surface area is 164 Å². The number of hydrogen-bond acceptors (Lipinski definition) is 4. The van der Waals surface area contributed by atoms with Gasteiger partial charge in [0.1, 0.15) is 0 Å². The maximum absolute atomic E-state index is 13.0. The molecule has 0 unspecified atom stereocenters. The van der Waals surface area contributed by atoms with Crippen LogP contribution in [0, 0.1) is 13.8 Å². The number of aryl methyl sites for hydroxylation is 1. The molecule has 0 atom stereocenters. The number of aromatic amines is 1. The van der Waals surface area contributed by atoms with E-state index in [1.807, 2.05) is 44.2 Å². The smallest absolute Gasteiger partial charge is 0.340 e. The summed E-state index contributed by atoms with van der Waals surface area (Å²) in [6.45, 7) is 6.53. The van der Waals surface area contributed by atoms with Crippen molar-refractivity contribution >= 4 is 11.9 Å². The van der Waals surface area contributed by atoms with E-state index in [0.29, 0.717) is 25.3 Å². The van der Waals surface area contributed by atoms with Crippen LogP contribution in [0.2, 0.25) is 0 Å². The van der Waals surface area contributed by atoms with Gasteiger partial charge in [0, 0.05) is 17.9 Å². The molecule has 0 spiro atoms. The molecule has 1 N–H and O–H groups in total. The topological polar surface area (TPSA) is 75.5 Å². The van der Waals surface area contributed by atoms with Crippen LogP contribution in [0.3, 0.4) is 0 Å². The van der Waals surface area contributed by atoms with Gasteiger partial charge in [0.15, 0.2) is 5.76 Å². The Bertz CT molecular complexity index is 943. The standard InChI is InChI=1S/C22H24N2O4/c1-4-27-22(26)20-15(2)18(23-16(20)3)14-24(13-17-9-6-5-7-10-17)21(25)19-11-8-12-28-19/h5-12,23H,4,13-14H2,1-3H3. The van der Waals surface area contributed by atoms with Crippen molar-refractivity contribution in [2.45, 2.75) is 33.9 Å². The first-order valence-electron chi connectivity index (χ1n) is 9.23. The average Bonchev–Trinajstić information content (AvgIpc) is 3.30. The summed E-state index contributed by atoms with van der Waals surface area (Å²) in [4.78, 5) is 30.2. The fourth-order valence-corrected chi connectivity index (χ4v) is 3.23. The second-order valence-corrected chi connectivity index (χ2v) is 6.57. The van der Waals surface area contributed by atoms with E-state index in [0.717, 1.165) is 22.5 Å². The fourth-order valence-electron chi connectivity index (χ4n) is 3.23. The third-order valence-corrected chi connectivity index (χ3v) is 4.61. The molecule has 2 heterocycles. The van der Waals surface area contributed by atoms with E-state index in [1.54, 1.807) is 24.0 Å². The highest BCUT2D eigenvalue weighted by Crippen LogP contribution is 2.22. The van der Waals surface area contributed by atoms with Crippen molar-refractivity contribution in [1.82, 2.24) is 9.88 Å². The van der Waals surface area contributed by atoms with Gasteiger partial charge in [0.05, 0.1) is 25.0 Å². The van der Waals surface area contributed by atoms with Crippen LogP contribution in [0.4, 0.5) is 0 Å². The zero-order valence-electron chi connectivity index (χ0n) is 16.3. The molecule has 3 rings (SSSR count). The normalized spacial score (nSPS) is 10.7. The Kier molecular flexibility index (Phi) is 5.99. The molecule has 0 fully saturated rings. The van der Waals surface area contributed by atoms with Crippen LogP contribution >= 0.6 is 0 Å². The fraction of sp³-hybridized carbons (Fsp3) is 0.273. The summed E-state index contributed by atoms with van der Waals surface area (Å²) in [5.41, 5.74) is 3.87. The van der Waals surface area contributed by atoms with Gasteiger partial charge < -0.3 is 19.0 Å². The Morgan fingerprint density at radius 1 is 1.07 bits per heavy atom. The summed E-state index contributed by atoms with van der Waals surface area (Å²) in [6.07, 6.45) is 1.48. The third-order valence-electron chi connectivity index (χ3n) is 4.61. The summed E-state index contributed by atoms with van der Waals surface area (Å²) >= 11 is 0. The van der Waals surface area contributed by atoms with E-state index < -0.39 is 0 Å². The molecule has 3 aromatic rings. The lowest BCUT2D eigenvalue weighted by Crippen LogP contribution is -2.30. The van der Waals surface area contributed by atoms with Crippen LogP contribution in [0.15, 0.2) is 53.1 Å². The highest BCUT2D eigenvalue weighted by molar-refractivity contribution is 5.93. The number of benzene rings is 1. The van der Waals surface area contributed by atoms with Crippen LogP contribution in [0.5, 0.6) is 0 Å². The quantitative estimate of drug-likeness (QED) is 0.622. The summed E-state index contributed by atoms with van der Waals surface area (Å²) < 4.78 is 10.5. The van der Waals surface area contributed by atoms with Crippen LogP contribution in [-0.2, 0) is 17.8 Å². The van der Waals surface area contributed by atoms with Crippen LogP contribution < -0.4 is 0 Å². The highest BCUT2D eigenvalue weighted by Gasteiger charge is 2.24. The molecule has 0 aliphatic heterocycles. The molecule has 2 aromatic heterocycles. The molecule has 0 saturated carbocycles. The number of amides is 1. The van der Waals surface area contributed by atoms with E-state index in [1.165, 1.54) is 6.26 Å². The zero-order valence-corrected chi connectivity index (χ0v) is 16.3. The predicted molar refractivity (Wildman–Crippen MR) is 105 cm³/mol. The van der Waals surface area contributed by atoms with Crippen LogP contribution in [0.1, 0.15) is 50.4 Å². The van der Waals surface area contributed by atoms with Gasteiger partial charge >= 0.3 is 5.97 Å². The first-order chi connectivity index (χ1) is 13.5. The molecule has 6 heteroatoms. The molecule has 146 valence electrons. The number of aromatic nitrogens is 1. The maximum Gasteiger partial charge on any atom is 0.340 e. The van der Waals surface area contributed by atoms with Gasteiger partial charge in [0.25, 0.3) is 5.91 Å².